The lowest BCUT2D eigenvalue weighted by atomic mass is 9.59. The molecule has 0 unspecified atom stereocenters. The maximum absolute atomic E-state index is 14.7. The quantitative estimate of drug-likeness (QED) is 0.255. The summed E-state index contributed by atoms with van der Waals surface area (Å²) in [5.41, 5.74) is 3.94. The van der Waals surface area contributed by atoms with Crippen molar-refractivity contribution >= 4 is 23.3 Å². The number of carboxylic acid groups (broad SMARTS) is 1. The van der Waals surface area contributed by atoms with Gasteiger partial charge in [0.25, 0.3) is 0 Å². The molecule has 43 heavy (non-hydrogen) atoms. The summed E-state index contributed by atoms with van der Waals surface area (Å²) in [6, 6.07) is 17.9. The number of aliphatic carboxylic acids is 1. The smallest absolute Gasteiger partial charge is 0.329 e. The highest BCUT2D eigenvalue weighted by Gasteiger charge is 2.54. The monoisotopic (exact) mass is 604 g/mol. The number of hydrogen-bond acceptors (Lipinski definition) is 4. The molecule has 1 aromatic heterocycles. The Hall–Kier alpha value is -3.12. The van der Waals surface area contributed by atoms with Crippen LogP contribution in [0.1, 0.15) is 99.7 Å². The Balaban J connectivity index is 1.19. The van der Waals surface area contributed by atoms with Gasteiger partial charge < -0.3 is 15.2 Å². The summed E-state index contributed by atoms with van der Waals surface area (Å²) in [7, 11) is 0. The molecule has 5 nitrogen and oxygen atoms in total. The van der Waals surface area contributed by atoms with Gasteiger partial charge in [-0.2, -0.15) is 0 Å². The van der Waals surface area contributed by atoms with E-state index in [2.05, 4.69) is 48.4 Å². The van der Waals surface area contributed by atoms with Gasteiger partial charge in [0.1, 0.15) is 17.5 Å². The van der Waals surface area contributed by atoms with Gasteiger partial charge in [0.2, 0.25) is 0 Å². The van der Waals surface area contributed by atoms with E-state index in [4.69, 9.17) is 16.3 Å². The standard InChI is InChI=1S/C36H42ClFN2O3/c1-3-24-11-12-30(38)33-32(24)31(13-18-39-33)43-22-23(2)19-26-20-25-7-4-5-10-29(25)35(26)14-16-36(17-15-35,34(41)42)40-28-9-6-8-27(37)21-28/h4-10,13,18,21,23-24,26,30,40H,3,11-12,14-17,19-20,22H2,1-2H3,(H,41,42)/t23-,24+,26+,30+,35?,36?/m1/s1. The topological polar surface area (TPSA) is 71.5 Å². The minimum atomic E-state index is -1.03. The Kier molecular flexibility index (Phi) is 8.43. The molecular weight excluding hydrogens is 563 g/mol. The van der Waals surface area contributed by atoms with E-state index in [-0.39, 0.29) is 17.3 Å². The number of benzene rings is 2. The van der Waals surface area contributed by atoms with Crippen LogP contribution in [0.5, 0.6) is 5.75 Å². The van der Waals surface area contributed by atoms with Crippen LogP contribution in [0.2, 0.25) is 5.02 Å². The fourth-order valence-corrected chi connectivity index (χ4v) is 8.48. The first-order valence-electron chi connectivity index (χ1n) is 15.9. The summed E-state index contributed by atoms with van der Waals surface area (Å²) < 4.78 is 21.2. The minimum absolute atomic E-state index is 0.0651. The van der Waals surface area contributed by atoms with E-state index in [1.54, 1.807) is 18.3 Å². The van der Waals surface area contributed by atoms with Gasteiger partial charge in [0.15, 0.2) is 0 Å². The average molecular weight is 605 g/mol. The van der Waals surface area contributed by atoms with Gasteiger partial charge in [-0.25, -0.2) is 9.18 Å². The first-order valence-corrected chi connectivity index (χ1v) is 16.2. The molecule has 0 radical (unpaired) electrons. The third-order valence-corrected chi connectivity index (χ3v) is 10.8. The summed E-state index contributed by atoms with van der Waals surface area (Å²) >= 11 is 6.21. The average Bonchev–Trinajstić information content (AvgIpc) is 3.29. The number of nitrogens with zero attached hydrogens (tertiary/aromatic N) is 1. The lowest BCUT2D eigenvalue weighted by molar-refractivity contribution is -0.144. The molecule has 1 saturated carbocycles. The Labute approximate surface area is 259 Å². The molecule has 3 aliphatic rings. The number of alkyl halides is 1. The molecule has 0 bridgehead atoms. The second kappa shape index (κ2) is 12.1. The molecule has 2 N–H and O–H groups in total. The van der Waals surface area contributed by atoms with Crippen LogP contribution in [0.4, 0.5) is 10.1 Å². The van der Waals surface area contributed by atoms with Crippen molar-refractivity contribution in [3.8, 4) is 5.75 Å². The van der Waals surface area contributed by atoms with Crippen LogP contribution < -0.4 is 10.1 Å². The number of pyridine rings is 1. The molecule has 1 fully saturated rings. The van der Waals surface area contributed by atoms with Gasteiger partial charge >= 0.3 is 5.97 Å². The van der Waals surface area contributed by atoms with Gasteiger partial charge in [-0.15, -0.1) is 0 Å². The molecule has 1 spiro atoms. The van der Waals surface area contributed by atoms with Gasteiger partial charge in [-0.3, -0.25) is 4.98 Å². The molecule has 1 heterocycles. The second-order valence-electron chi connectivity index (χ2n) is 13.1. The molecule has 6 rings (SSSR count). The fraction of sp³-hybridized carbons (Fsp3) is 0.500. The van der Waals surface area contributed by atoms with E-state index in [1.807, 2.05) is 18.2 Å². The van der Waals surface area contributed by atoms with Crippen molar-refractivity contribution in [3.05, 3.63) is 88.2 Å². The summed E-state index contributed by atoms with van der Waals surface area (Å²) in [5.74, 6) is 0.929. The van der Waals surface area contributed by atoms with Crippen molar-refractivity contribution in [2.75, 3.05) is 11.9 Å². The zero-order valence-electron chi connectivity index (χ0n) is 25.1. The number of carboxylic acids is 1. The van der Waals surface area contributed by atoms with Crippen LogP contribution in [0.25, 0.3) is 0 Å². The lowest BCUT2D eigenvalue weighted by Gasteiger charge is -2.47. The minimum Gasteiger partial charge on any atom is -0.493 e. The van der Waals surface area contributed by atoms with Crippen LogP contribution >= 0.6 is 11.6 Å². The molecule has 4 atom stereocenters. The van der Waals surface area contributed by atoms with Gasteiger partial charge in [0, 0.05) is 22.5 Å². The van der Waals surface area contributed by atoms with Crippen molar-refractivity contribution in [1.29, 1.82) is 0 Å². The van der Waals surface area contributed by atoms with Crippen LogP contribution in [0.15, 0.2) is 60.8 Å². The molecule has 0 amide bonds. The predicted octanol–water partition coefficient (Wildman–Crippen LogP) is 9.06. The molecule has 2 aromatic carbocycles. The Morgan fingerprint density at radius 1 is 1.14 bits per heavy atom. The zero-order valence-corrected chi connectivity index (χ0v) is 25.9. The highest BCUT2D eigenvalue weighted by atomic mass is 35.5. The van der Waals surface area contributed by atoms with E-state index < -0.39 is 17.7 Å². The van der Waals surface area contributed by atoms with Crippen molar-refractivity contribution in [3.63, 3.8) is 0 Å². The number of carbonyl (C=O) groups is 1. The van der Waals surface area contributed by atoms with Crippen molar-refractivity contribution in [1.82, 2.24) is 4.98 Å². The normalized spacial score (nSPS) is 28.6. The molecule has 0 aliphatic heterocycles. The van der Waals surface area contributed by atoms with Crippen LogP contribution in [-0.2, 0) is 16.6 Å². The van der Waals surface area contributed by atoms with Crippen LogP contribution in [0.3, 0.4) is 0 Å². The third-order valence-electron chi connectivity index (χ3n) is 10.6. The molecule has 3 aliphatic carbocycles. The van der Waals surface area contributed by atoms with E-state index in [0.717, 1.165) is 55.5 Å². The van der Waals surface area contributed by atoms with Gasteiger partial charge in [0.05, 0.1) is 12.3 Å². The lowest BCUT2D eigenvalue weighted by Crippen LogP contribution is -2.53. The zero-order chi connectivity index (χ0) is 30.2. The van der Waals surface area contributed by atoms with Crippen molar-refractivity contribution < 1.29 is 19.0 Å². The predicted molar refractivity (Wildman–Crippen MR) is 169 cm³/mol. The highest BCUT2D eigenvalue weighted by molar-refractivity contribution is 6.30. The first-order chi connectivity index (χ1) is 20.7. The van der Waals surface area contributed by atoms with Gasteiger partial charge in [-0.05, 0) is 116 Å². The SMILES string of the molecule is CC[C@H]1CC[C@H](F)c2nccc(OC[C@H](C)C[C@H]3Cc4ccccc4C34CCC(Nc3cccc(Cl)c3)(C(=O)O)CC4)c21. The third kappa shape index (κ3) is 5.63. The van der Waals surface area contributed by atoms with Crippen LogP contribution in [-0.4, -0.2) is 28.2 Å². The number of fused-ring (bicyclic) bond motifs is 3. The number of halogens is 2. The van der Waals surface area contributed by atoms with E-state index >= 15 is 0 Å². The summed E-state index contributed by atoms with van der Waals surface area (Å²) in [5, 5.41) is 14.4. The molecule has 7 heteroatoms. The Bertz CT molecular complexity index is 1470. The Morgan fingerprint density at radius 2 is 1.93 bits per heavy atom. The fourth-order valence-electron chi connectivity index (χ4n) is 8.29. The van der Waals surface area contributed by atoms with Gasteiger partial charge in [-0.1, -0.05) is 55.8 Å². The molecule has 0 saturated heterocycles. The number of anilines is 1. The first kappa shape index (κ1) is 29.9. The summed E-state index contributed by atoms with van der Waals surface area (Å²) in [6.45, 7) is 4.95. The highest BCUT2D eigenvalue weighted by Crippen LogP contribution is 2.56. The Morgan fingerprint density at radius 3 is 2.67 bits per heavy atom. The maximum atomic E-state index is 14.7. The number of ether oxygens (including phenoxy) is 1. The number of rotatable bonds is 9. The van der Waals surface area contributed by atoms with Crippen molar-refractivity contribution in [2.24, 2.45) is 11.8 Å². The molecule has 3 aromatic rings. The number of nitrogens with one attached hydrogen (secondary N) is 1. The van der Waals surface area contributed by atoms with Crippen LogP contribution in [0, 0.1) is 11.8 Å². The largest absolute Gasteiger partial charge is 0.493 e. The van der Waals surface area contributed by atoms with E-state index in [1.165, 1.54) is 11.1 Å². The summed E-state index contributed by atoms with van der Waals surface area (Å²) in [6.07, 6.45) is 7.62. The second-order valence-corrected chi connectivity index (χ2v) is 13.6. The van der Waals surface area contributed by atoms with E-state index in [9.17, 15) is 14.3 Å². The summed E-state index contributed by atoms with van der Waals surface area (Å²) in [4.78, 5) is 17.1. The number of hydrogen-bond donors (Lipinski definition) is 2. The maximum Gasteiger partial charge on any atom is 0.329 e. The van der Waals surface area contributed by atoms with E-state index in [0.29, 0.717) is 42.5 Å². The number of aromatic nitrogens is 1. The van der Waals surface area contributed by atoms with Crippen molar-refractivity contribution in [2.45, 2.75) is 94.7 Å². The molecular formula is C36H42ClFN2O3. The molecule has 228 valence electrons.